The third-order valence-corrected chi connectivity index (χ3v) is 3.80. The molecular formula is C13H23NO3. The van der Waals surface area contributed by atoms with Crippen molar-refractivity contribution in [3.8, 4) is 0 Å². The second-order valence-electron chi connectivity index (χ2n) is 6.00. The van der Waals surface area contributed by atoms with E-state index in [-0.39, 0.29) is 23.2 Å². The highest BCUT2D eigenvalue weighted by atomic mass is 16.4. The first-order chi connectivity index (χ1) is 7.75. The highest BCUT2D eigenvalue weighted by molar-refractivity contribution is 5.85. The second-order valence-corrected chi connectivity index (χ2v) is 6.00. The van der Waals surface area contributed by atoms with Gasteiger partial charge >= 0.3 is 5.97 Å². The van der Waals surface area contributed by atoms with Crippen molar-refractivity contribution in [3.63, 3.8) is 0 Å². The number of amides is 1. The van der Waals surface area contributed by atoms with Crippen LogP contribution in [0.15, 0.2) is 0 Å². The van der Waals surface area contributed by atoms with Crippen LogP contribution in [0.25, 0.3) is 0 Å². The monoisotopic (exact) mass is 241 g/mol. The first-order valence-corrected chi connectivity index (χ1v) is 6.29. The minimum absolute atomic E-state index is 0.00981. The zero-order chi connectivity index (χ0) is 13.2. The van der Waals surface area contributed by atoms with Gasteiger partial charge in [-0.25, -0.2) is 4.79 Å². The molecule has 0 aromatic carbocycles. The molecule has 17 heavy (non-hydrogen) atoms. The predicted molar refractivity (Wildman–Crippen MR) is 65.5 cm³/mol. The lowest BCUT2D eigenvalue weighted by Gasteiger charge is -2.28. The van der Waals surface area contributed by atoms with Crippen LogP contribution < -0.4 is 5.32 Å². The zero-order valence-corrected chi connectivity index (χ0v) is 11.1. The molecule has 1 aliphatic carbocycles. The number of carbonyl (C=O) groups excluding carboxylic acids is 1. The fourth-order valence-corrected chi connectivity index (χ4v) is 2.58. The summed E-state index contributed by atoms with van der Waals surface area (Å²) < 4.78 is 0. The van der Waals surface area contributed by atoms with Gasteiger partial charge in [-0.2, -0.15) is 0 Å². The van der Waals surface area contributed by atoms with E-state index in [4.69, 9.17) is 5.11 Å². The Morgan fingerprint density at radius 1 is 1.35 bits per heavy atom. The number of carboxylic acid groups (broad SMARTS) is 1. The van der Waals surface area contributed by atoms with Gasteiger partial charge in [0.25, 0.3) is 0 Å². The molecule has 0 heterocycles. The Bertz CT molecular complexity index is 310. The molecule has 2 atom stereocenters. The smallest absolute Gasteiger partial charge is 0.326 e. The van der Waals surface area contributed by atoms with E-state index in [1.165, 1.54) is 0 Å². The average Bonchev–Trinajstić information content (AvgIpc) is 2.53. The van der Waals surface area contributed by atoms with Crippen LogP contribution in [0.5, 0.6) is 0 Å². The van der Waals surface area contributed by atoms with Gasteiger partial charge in [-0.05, 0) is 24.2 Å². The molecule has 2 N–H and O–H groups in total. The molecule has 4 nitrogen and oxygen atoms in total. The normalized spacial score (nSPS) is 24.6. The van der Waals surface area contributed by atoms with Gasteiger partial charge < -0.3 is 10.4 Å². The third kappa shape index (κ3) is 3.20. The summed E-state index contributed by atoms with van der Waals surface area (Å²) >= 11 is 0. The van der Waals surface area contributed by atoms with Crippen molar-refractivity contribution in [2.75, 3.05) is 0 Å². The number of hydrogen-bond acceptors (Lipinski definition) is 2. The van der Waals surface area contributed by atoms with Crippen molar-refractivity contribution >= 4 is 11.9 Å². The van der Waals surface area contributed by atoms with E-state index in [2.05, 4.69) is 19.2 Å². The van der Waals surface area contributed by atoms with Crippen LogP contribution >= 0.6 is 0 Å². The molecule has 0 bridgehead atoms. The van der Waals surface area contributed by atoms with Crippen molar-refractivity contribution in [1.82, 2.24) is 5.32 Å². The summed E-state index contributed by atoms with van der Waals surface area (Å²) in [6.07, 6.45) is 2.94. The van der Waals surface area contributed by atoms with Crippen molar-refractivity contribution in [2.45, 2.75) is 53.0 Å². The van der Waals surface area contributed by atoms with E-state index in [0.29, 0.717) is 0 Å². The molecule has 0 aromatic rings. The Balaban J connectivity index is 2.68. The molecule has 1 rings (SSSR count). The van der Waals surface area contributed by atoms with Crippen molar-refractivity contribution in [1.29, 1.82) is 0 Å². The summed E-state index contributed by atoms with van der Waals surface area (Å²) in [6, 6.07) is -0.779. The minimum atomic E-state index is -0.954. The maximum absolute atomic E-state index is 12.1. The Labute approximate surface area is 103 Å². The highest BCUT2D eigenvalue weighted by Crippen LogP contribution is 2.42. The Morgan fingerprint density at radius 3 is 2.29 bits per heavy atom. The first-order valence-electron chi connectivity index (χ1n) is 6.29. The van der Waals surface area contributed by atoms with Gasteiger partial charge in [0.05, 0.1) is 0 Å². The van der Waals surface area contributed by atoms with E-state index in [9.17, 15) is 9.59 Å². The summed E-state index contributed by atoms with van der Waals surface area (Å²) in [5.41, 5.74) is -0.00981. The van der Waals surface area contributed by atoms with Gasteiger partial charge in [0.15, 0.2) is 0 Å². The van der Waals surface area contributed by atoms with Gasteiger partial charge in [-0.1, -0.05) is 34.1 Å². The van der Waals surface area contributed by atoms with E-state index < -0.39 is 12.0 Å². The molecule has 0 aliphatic heterocycles. The number of rotatable bonds is 4. The molecule has 0 radical (unpaired) electrons. The van der Waals surface area contributed by atoms with Crippen molar-refractivity contribution in [3.05, 3.63) is 0 Å². The molecule has 1 aliphatic rings. The molecule has 98 valence electrons. The fraction of sp³-hybridized carbons (Fsp3) is 0.846. The van der Waals surface area contributed by atoms with Gasteiger partial charge in [0.2, 0.25) is 5.91 Å². The lowest BCUT2D eigenvalue weighted by molar-refractivity contribution is -0.144. The number of aliphatic carboxylic acids is 1. The Kier molecular flexibility index (Phi) is 4.17. The van der Waals surface area contributed by atoms with Gasteiger partial charge in [-0.15, -0.1) is 0 Å². The Morgan fingerprint density at radius 2 is 1.94 bits per heavy atom. The maximum atomic E-state index is 12.1. The molecule has 0 saturated heterocycles. The van der Waals surface area contributed by atoms with Crippen LogP contribution in [0, 0.1) is 17.3 Å². The largest absolute Gasteiger partial charge is 0.480 e. The molecule has 1 unspecified atom stereocenters. The number of carbonyl (C=O) groups is 2. The van der Waals surface area contributed by atoms with Crippen LogP contribution in [0.4, 0.5) is 0 Å². The third-order valence-electron chi connectivity index (χ3n) is 3.80. The Hall–Kier alpha value is -1.06. The fourth-order valence-electron chi connectivity index (χ4n) is 2.58. The standard InChI is InChI=1S/C13H23NO3/c1-8(2)10(12(16)17)14-11(15)9-6-5-7-13(9,3)4/h8-10H,5-7H2,1-4H3,(H,14,15)(H,16,17)/t9?,10-/m0/s1. The molecular weight excluding hydrogens is 218 g/mol. The molecule has 1 saturated carbocycles. The van der Waals surface area contributed by atoms with Crippen molar-refractivity contribution < 1.29 is 14.7 Å². The average molecular weight is 241 g/mol. The predicted octanol–water partition coefficient (Wildman–Crippen LogP) is 2.04. The van der Waals surface area contributed by atoms with Gasteiger partial charge in [0, 0.05) is 5.92 Å². The molecule has 1 fully saturated rings. The molecule has 0 aromatic heterocycles. The van der Waals surface area contributed by atoms with Crippen LogP contribution in [0.2, 0.25) is 0 Å². The molecule has 1 amide bonds. The first kappa shape index (κ1) is 14.0. The SMILES string of the molecule is CC(C)[C@H](NC(=O)C1CCCC1(C)C)C(=O)O. The summed E-state index contributed by atoms with van der Waals surface area (Å²) in [5, 5.41) is 11.7. The topological polar surface area (TPSA) is 66.4 Å². The summed E-state index contributed by atoms with van der Waals surface area (Å²) in [6.45, 7) is 7.77. The van der Waals surface area contributed by atoms with Crippen LogP contribution in [0.1, 0.15) is 47.0 Å². The van der Waals surface area contributed by atoms with Gasteiger partial charge in [-0.3, -0.25) is 4.79 Å². The van der Waals surface area contributed by atoms with Crippen LogP contribution in [-0.4, -0.2) is 23.0 Å². The summed E-state index contributed by atoms with van der Waals surface area (Å²) in [7, 11) is 0. The van der Waals surface area contributed by atoms with Crippen molar-refractivity contribution in [2.24, 2.45) is 17.3 Å². The molecule has 4 heteroatoms. The number of nitrogens with one attached hydrogen (secondary N) is 1. The second kappa shape index (κ2) is 5.07. The maximum Gasteiger partial charge on any atom is 0.326 e. The highest BCUT2D eigenvalue weighted by Gasteiger charge is 2.40. The zero-order valence-electron chi connectivity index (χ0n) is 11.1. The van der Waals surface area contributed by atoms with Gasteiger partial charge in [0.1, 0.15) is 6.04 Å². The number of carboxylic acids is 1. The van der Waals surface area contributed by atoms with E-state index >= 15 is 0 Å². The van der Waals surface area contributed by atoms with Crippen LogP contribution in [0.3, 0.4) is 0 Å². The van der Waals surface area contributed by atoms with E-state index in [1.807, 2.05) is 0 Å². The number of hydrogen-bond donors (Lipinski definition) is 2. The summed E-state index contributed by atoms with van der Waals surface area (Å²) in [5.74, 6) is -1.21. The van der Waals surface area contributed by atoms with E-state index in [0.717, 1.165) is 19.3 Å². The lowest BCUT2D eigenvalue weighted by atomic mass is 9.81. The lowest BCUT2D eigenvalue weighted by Crippen LogP contribution is -2.48. The molecule has 0 spiro atoms. The minimum Gasteiger partial charge on any atom is -0.480 e. The van der Waals surface area contributed by atoms with E-state index in [1.54, 1.807) is 13.8 Å². The summed E-state index contributed by atoms with van der Waals surface area (Å²) in [4.78, 5) is 23.1. The quantitative estimate of drug-likeness (QED) is 0.791. The van der Waals surface area contributed by atoms with Crippen LogP contribution in [-0.2, 0) is 9.59 Å².